The van der Waals surface area contributed by atoms with Crippen molar-refractivity contribution in [2.45, 2.75) is 32.7 Å². The van der Waals surface area contributed by atoms with Crippen molar-refractivity contribution >= 4 is 22.4 Å². The molecule has 0 aliphatic carbocycles. The molecule has 0 N–H and O–H groups in total. The number of Topliss-reactive ketones (excluding diaryl/α,β-unsaturated/α-hetero) is 1. The summed E-state index contributed by atoms with van der Waals surface area (Å²) in [5, 5.41) is 11.0. The molecule has 110 valence electrons. The van der Waals surface area contributed by atoms with Crippen molar-refractivity contribution in [3.8, 4) is 0 Å². The van der Waals surface area contributed by atoms with Gasteiger partial charge >= 0.3 is 0 Å². The van der Waals surface area contributed by atoms with Crippen LogP contribution in [0, 0.1) is 10.1 Å². The summed E-state index contributed by atoms with van der Waals surface area (Å²) in [5.41, 5.74) is 0.00726. The second kappa shape index (κ2) is 6.25. The third-order valence-electron chi connectivity index (χ3n) is 3.20. The Balaban J connectivity index is 2.25. The lowest BCUT2D eigenvalue weighted by Gasteiger charge is -2.06. The number of carbonyl (C=O) groups excluding carboxylic acids is 1. The van der Waals surface area contributed by atoms with Crippen LogP contribution in [0.4, 0.5) is 5.69 Å². The highest BCUT2D eigenvalue weighted by molar-refractivity contribution is 5.79. The molecular weight excluding hydrogens is 274 g/mol. The molecule has 0 unspecified atom stereocenters. The first-order valence-electron chi connectivity index (χ1n) is 6.62. The molecule has 0 fully saturated rings. The molecule has 7 nitrogen and oxygen atoms in total. The fraction of sp³-hybridized carbons (Fsp3) is 0.357. The number of benzene rings is 1. The van der Waals surface area contributed by atoms with Crippen LogP contribution in [0.15, 0.2) is 29.3 Å². The Kier molecular flexibility index (Phi) is 4.42. The molecule has 21 heavy (non-hydrogen) atoms. The van der Waals surface area contributed by atoms with Gasteiger partial charge in [0.2, 0.25) is 0 Å². The zero-order valence-electron chi connectivity index (χ0n) is 11.6. The summed E-state index contributed by atoms with van der Waals surface area (Å²) in [6.45, 7) is 1.97. The number of hydrogen-bond acceptors (Lipinski definition) is 5. The van der Waals surface area contributed by atoms with E-state index in [2.05, 4.69) is 4.98 Å². The summed E-state index contributed by atoms with van der Waals surface area (Å²) >= 11 is 0. The number of nitro groups is 1. The van der Waals surface area contributed by atoms with E-state index >= 15 is 0 Å². The summed E-state index contributed by atoms with van der Waals surface area (Å²) in [4.78, 5) is 37.5. The summed E-state index contributed by atoms with van der Waals surface area (Å²) in [6.07, 6.45) is 3.31. The number of aromatic nitrogens is 2. The number of nitrogens with zero attached hydrogens (tertiary/aromatic N) is 3. The van der Waals surface area contributed by atoms with E-state index in [4.69, 9.17) is 0 Å². The third kappa shape index (κ3) is 3.50. The maximum atomic E-state index is 12.3. The first-order chi connectivity index (χ1) is 9.99. The van der Waals surface area contributed by atoms with Crippen LogP contribution >= 0.6 is 0 Å². The minimum atomic E-state index is -0.539. The van der Waals surface area contributed by atoms with Gasteiger partial charge in [-0.05, 0) is 25.8 Å². The Morgan fingerprint density at radius 3 is 2.81 bits per heavy atom. The van der Waals surface area contributed by atoms with E-state index < -0.39 is 4.92 Å². The Morgan fingerprint density at radius 2 is 2.14 bits per heavy atom. The van der Waals surface area contributed by atoms with Crippen LogP contribution in [-0.4, -0.2) is 20.3 Å². The molecule has 0 spiro atoms. The van der Waals surface area contributed by atoms with Gasteiger partial charge in [0.1, 0.15) is 5.78 Å². The lowest BCUT2D eigenvalue weighted by Crippen LogP contribution is -2.20. The number of fused-ring (bicyclic) bond motifs is 1. The normalized spacial score (nSPS) is 10.7. The van der Waals surface area contributed by atoms with Gasteiger partial charge in [-0.2, -0.15) is 0 Å². The van der Waals surface area contributed by atoms with E-state index in [9.17, 15) is 19.7 Å². The van der Waals surface area contributed by atoms with Crippen LogP contribution in [0.3, 0.4) is 0 Å². The van der Waals surface area contributed by atoms with Gasteiger partial charge in [0.25, 0.3) is 11.2 Å². The summed E-state index contributed by atoms with van der Waals surface area (Å²) < 4.78 is 1.42. The minimum absolute atomic E-state index is 0.120. The quantitative estimate of drug-likeness (QED) is 0.461. The van der Waals surface area contributed by atoms with Gasteiger partial charge in [0.05, 0.1) is 22.2 Å². The smallest absolute Gasteiger partial charge is 0.270 e. The van der Waals surface area contributed by atoms with Gasteiger partial charge in [-0.3, -0.25) is 19.5 Å². The number of non-ortho nitro benzene ring substituents is 1. The lowest BCUT2D eigenvalue weighted by atomic mass is 10.2. The lowest BCUT2D eigenvalue weighted by molar-refractivity contribution is -0.384. The van der Waals surface area contributed by atoms with E-state index in [1.807, 2.05) is 0 Å². The predicted molar refractivity (Wildman–Crippen MR) is 77.2 cm³/mol. The van der Waals surface area contributed by atoms with Crippen molar-refractivity contribution in [3.05, 3.63) is 45.0 Å². The second-order valence-corrected chi connectivity index (χ2v) is 4.86. The second-order valence-electron chi connectivity index (χ2n) is 4.86. The van der Waals surface area contributed by atoms with E-state index in [1.54, 1.807) is 0 Å². The van der Waals surface area contributed by atoms with Crippen LogP contribution < -0.4 is 5.56 Å². The molecule has 0 radical (unpaired) electrons. The highest BCUT2D eigenvalue weighted by Crippen LogP contribution is 2.16. The van der Waals surface area contributed by atoms with Gasteiger partial charge < -0.3 is 4.79 Å². The number of hydrogen-bond donors (Lipinski definition) is 0. The zero-order chi connectivity index (χ0) is 15.4. The van der Waals surface area contributed by atoms with Gasteiger partial charge in [-0.25, -0.2) is 4.98 Å². The number of rotatable bonds is 6. The number of nitro benzene ring substituents is 1. The number of unbranched alkanes of at least 4 members (excludes halogenated alkanes) is 1. The summed E-state index contributed by atoms with van der Waals surface area (Å²) in [5.74, 6) is 0.120. The first kappa shape index (κ1) is 14.8. The summed E-state index contributed by atoms with van der Waals surface area (Å²) in [7, 11) is 0. The Morgan fingerprint density at radius 1 is 1.38 bits per heavy atom. The Bertz CT molecular complexity index is 751. The van der Waals surface area contributed by atoms with Crippen LogP contribution in [-0.2, 0) is 11.3 Å². The molecule has 0 saturated carbocycles. The summed E-state index contributed by atoms with van der Waals surface area (Å²) in [6, 6.07) is 4.04. The van der Waals surface area contributed by atoms with Gasteiger partial charge in [-0.15, -0.1) is 0 Å². The van der Waals surface area contributed by atoms with Crippen molar-refractivity contribution in [1.29, 1.82) is 0 Å². The molecule has 1 aromatic heterocycles. The first-order valence-corrected chi connectivity index (χ1v) is 6.62. The van der Waals surface area contributed by atoms with Crippen LogP contribution in [0.1, 0.15) is 26.2 Å². The molecule has 7 heteroatoms. The zero-order valence-corrected chi connectivity index (χ0v) is 11.6. The average molecular weight is 289 g/mol. The minimum Gasteiger partial charge on any atom is -0.300 e. The molecule has 2 rings (SSSR count). The Hall–Kier alpha value is -2.57. The highest BCUT2D eigenvalue weighted by Gasteiger charge is 2.10. The van der Waals surface area contributed by atoms with Gasteiger partial charge in [0.15, 0.2) is 0 Å². The van der Waals surface area contributed by atoms with Crippen molar-refractivity contribution < 1.29 is 9.72 Å². The molecule has 0 saturated heterocycles. The van der Waals surface area contributed by atoms with E-state index in [1.165, 1.54) is 36.0 Å². The molecule has 1 heterocycles. The Labute approximate surface area is 120 Å². The molecule has 1 aromatic carbocycles. The van der Waals surface area contributed by atoms with Gasteiger partial charge in [-0.1, -0.05) is 0 Å². The highest BCUT2D eigenvalue weighted by atomic mass is 16.6. The fourth-order valence-corrected chi connectivity index (χ4v) is 2.08. The topological polar surface area (TPSA) is 95.1 Å². The van der Waals surface area contributed by atoms with Crippen molar-refractivity contribution in [1.82, 2.24) is 9.55 Å². The largest absolute Gasteiger partial charge is 0.300 e. The maximum Gasteiger partial charge on any atom is 0.270 e. The maximum absolute atomic E-state index is 12.3. The SMILES string of the molecule is CC(=O)CCCCn1cnc2ccc([N+](=O)[O-])cc2c1=O. The predicted octanol–water partition coefficient (Wildman–Crippen LogP) is 2.06. The molecule has 0 aliphatic heterocycles. The van der Waals surface area contributed by atoms with Crippen molar-refractivity contribution in [3.63, 3.8) is 0 Å². The molecule has 2 aromatic rings. The van der Waals surface area contributed by atoms with E-state index in [0.29, 0.717) is 31.3 Å². The molecule has 0 amide bonds. The van der Waals surface area contributed by atoms with Crippen LogP contribution in [0.25, 0.3) is 10.9 Å². The van der Waals surface area contributed by atoms with E-state index in [0.717, 1.165) is 0 Å². The fourth-order valence-electron chi connectivity index (χ4n) is 2.08. The number of ketones is 1. The molecule has 0 atom stereocenters. The molecular formula is C14H15N3O4. The van der Waals surface area contributed by atoms with Crippen LogP contribution in [0.5, 0.6) is 0 Å². The van der Waals surface area contributed by atoms with Crippen molar-refractivity contribution in [2.24, 2.45) is 0 Å². The van der Waals surface area contributed by atoms with Crippen molar-refractivity contribution in [2.75, 3.05) is 0 Å². The molecule has 0 bridgehead atoms. The standard InChI is InChI=1S/C14H15N3O4/c1-10(18)4-2-3-7-16-9-15-13-6-5-11(17(20)21)8-12(13)14(16)19/h5-6,8-9H,2-4,7H2,1H3. The van der Waals surface area contributed by atoms with E-state index in [-0.39, 0.29) is 22.4 Å². The monoisotopic (exact) mass is 289 g/mol. The average Bonchev–Trinajstić information content (AvgIpc) is 2.45. The third-order valence-corrected chi connectivity index (χ3v) is 3.20. The number of aryl methyl sites for hydroxylation is 1. The van der Waals surface area contributed by atoms with Crippen LogP contribution in [0.2, 0.25) is 0 Å². The molecule has 0 aliphatic rings. The number of carbonyl (C=O) groups is 1. The van der Waals surface area contributed by atoms with Gasteiger partial charge in [0, 0.05) is 25.1 Å².